The number of benzene rings is 2. The summed E-state index contributed by atoms with van der Waals surface area (Å²) in [6.45, 7) is 2.05. The van der Waals surface area contributed by atoms with Crippen molar-refractivity contribution in [3.05, 3.63) is 58.6 Å². The van der Waals surface area contributed by atoms with E-state index in [2.05, 4.69) is 50.2 Å². The van der Waals surface area contributed by atoms with Crippen LogP contribution in [0.2, 0.25) is 0 Å². The molecule has 0 saturated carbocycles. The average molecular weight is 314 g/mol. The van der Waals surface area contributed by atoms with Gasteiger partial charge >= 0.3 is 0 Å². The normalized spacial score (nSPS) is 10.6. The maximum absolute atomic E-state index is 4.55. The molecule has 0 aliphatic carbocycles. The number of hydrogen-bond donors (Lipinski definition) is 1. The van der Waals surface area contributed by atoms with Crippen molar-refractivity contribution in [2.24, 2.45) is 0 Å². The zero-order valence-electron chi connectivity index (χ0n) is 10.4. The van der Waals surface area contributed by atoms with E-state index in [4.69, 9.17) is 0 Å². The number of aromatic nitrogens is 3. The quantitative estimate of drug-likeness (QED) is 0.770. The highest BCUT2D eigenvalue weighted by Gasteiger charge is 2.08. The largest absolute Gasteiger partial charge is 0.259 e. The lowest BCUT2D eigenvalue weighted by atomic mass is 10.1. The smallest absolute Gasteiger partial charge is 0.181 e. The van der Waals surface area contributed by atoms with Crippen molar-refractivity contribution in [3.63, 3.8) is 0 Å². The minimum Gasteiger partial charge on any atom is -0.259 e. The summed E-state index contributed by atoms with van der Waals surface area (Å²) in [5, 5.41) is 7.27. The van der Waals surface area contributed by atoms with Crippen LogP contribution in [0, 0.1) is 6.92 Å². The highest BCUT2D eigenvalue weighted by Crippen LogP contribution is 2.24. The van der Waals surface area contributed by atoms with E-state index in [-0.39, 0.29) is 0 Å². The Kier molecular flexibility index (Phi) is 3.17. The van der Waals surface area contributed by atoms with Gasteiger partial charge in [0, 0.05) is 15.6 Å². The van der Waals surface area contributed by atoms with Crippen LogP contribution in [0.5, 0.6) is 0 Å². The van der Waals surface area contributed by atoms with E-state index >= 15 is 0 Å². The highest BCUT2D eigenvalue weighted by atomic mass is 79.9. The maximum atomic E-state index is 4.55. The third-order valence-electron chi connectivity index (χ3n) is 2.83. The van der Waals surface area contributed by atoms with E-state index in [0.717, 1.165) is 21.4 Å². The Balaban J connectivity index is 2.02. The molecular weight excluding hydrogens is 302 g/mol. The van der Waals surface area contributed by atoms with Gasteiger partial charge in [-0.15, -0.1) is 0 Å². The van der Waals surface area contributed by atoms with Crippen LogP contribution >= 0.6 is 15.9 Å². The summed E-state index contributed by atoms with van der Waals surface area (Å²) in [5.74, 6) is 1.50. The van der Waals surface area contributed by atoms with Crippen LogP contribution in [0.15, 0.2) is 53.0 Å². The minimum atomic E-state index is 0.711. The zero-order valence-corrected chi connectivity index (χ0v) is 12.0. The fourth-order valence-corrected chi connectivity index (χ4v) is 2.59. The van der Waals surface area contributed by atoms with Crippen LogP contribution in [-0.4, -0.2) is 15.2 Å². The Bertz CT molecular complexity index is 684. The van der Waals surface area contributed by atoms with E-state index in [1.807, 2.05) is 36.4 Å². The SMILES string of the molecule is Cc1cc(Br)cc(-c2n[nH]c(-c3ccccc3)n2)c1. The summed E-state index contributed by atoms with van der Waals surface area (Å²) in [6.07, 6.45) is 0. The van der Waals surface area contributed by atoms with Crippen LogP contribution in [0.25, 0.3) is 22.8 Å². The van der Waals surface area contributed by atoms with Gasteiger partial charge in [-0.3, -0.25) is 5.10 Å². The molecule has 0 fully saturated rings. The third-order valence-corrected chi connectivity index (χ3v) is 3.29. The molecule has 0 aliphatic heterocycles. The van der Waals surface area contributed by atoms with E-state index in [1.165, 1.54) is 5.56 Å². The maximum Gasteiger partial charge on any atom is 0.181 e. The molecule has 0 bridgehead atoms. The molecule has 94 valence electrons. The van der Waals surface area contributed by atoms with Gasteiger partial charge in [0.1, 0.15) is 0 Å². The third kappa shape index (κ3) is 2.58. The molecule has 3 rings (SSSR count). The van der Waals surface area contributed by atoms with E-state index in [0.29, 0.717) is 5.82 Å². The fourth-order valence-electron chi connectivity index (χ4n) is 1.98. The highest BCUT2D eigenvalue weighted by molar-refractivity contribution is 9.10. The Morgan fingerprint density at radius 1 is 1.00 bits per heavy atom. The summed E-state index contributed by atoms with van der Waals surface area (Å²) in [6, 6.07) is 16.1. The number of halogens is 1. The lowest BCUT2D eigenvalue weighted by molar-refractivity contribution is 1.10. The molecule has 1 N–H and O–H groups in total. The Morgan fingerprint density at radius 3 is 2.53 bits per heavy atom. The van der Waals surface area contributed by atoms with Crippen molar-refractivity contribution in [1.29, 1.82) is 0 Å². The van der Waals surface area contributed by atoms with Crippen molar-refractivity contribution in [2.75, 3.05) is 0 Å². The Hall–Kier alpha value is -1.94. The van der Waals surface area contributed by atoms with Crippen molar-refractivity contribution in [1.82, 2.24) is 15.2 Å². The van der Waals surface area contributed by atoms with Gasteiger partial charge in [0.15, 0.2) is 11.6 Å². The van der Waals surface area contributed by atoms with Gasteiger partial charge in [0.25, 0.3) is 0 Å². The predicted molar refractivity (Wildman–Crippen MR) is 79.7 cm³/mol. The Labute approximate surface area is 119 Å². The molecule has 1 heterocycles. The molecule has 4 heteroatoms. The zero-order chi connectivity index (χ0) is 13.2. The standard InChI is InChI=1S/C15H12BrN3/c1-10-7-12(9-13(16)8-10)15-17-14(18-19-15)11-5-3-2-4-6-11/h2-9H,1H3,(H,17,18,19). The van der Waals surface area contributed by atoms with Crippen LogP contribution in [0.3, 0.4) is 0 Å². The van der Waals surface area contributed by atoms with Gasteiger partial charge < -0.3 is 0 Å². The molecule has 0 spiro atoms. The lowest BCUT2D eigenvalue weighted by Gasteiger charge is -1.99. The van der Waals surface area contributed by atoms with Crippen molar-refractivity contribution in [2.45, 2.75) is 6.92 Å². The second kappa shape index (κ2) is 4.97. The summed E-state index contributed by atoms with van der Waals surface area (Å²) >= 11 is 3.50. The van der Waals surface area contributed by atoms with Crippen molar-refractivity contribution in [3.8, 4) is 22.8 Å². The number of rotatable bonds is 2. The van der Waals surface area contributed by atoms with Crippen LogP contribution in [-0.2, 0) is 0 Å². The average Bonchev–Trinajstić information content (AvgIpc) is 2.88. The first-order chi connectivity index (χ1) is 9.22. The van der Waals surface area contributed by atoms with E-state index < -0.39 is 0 Å². The van der Waals surface area contributed by atoms with Gasteiger partial charge in [-0.25, -0.2) is 4.98 Å². The molecule has 0 radical (unpaired) electrons. The van der Waals surface area contributed by atoms with Gasteiger partial charge in [0.05, 0.1) is 0 Å². The van der Waals surface area contributed by atoms with E-state index in [9.17, 15) is 0 Å². The summed E-state index contributed by atoms with van der Waals surface area (Å²) in [4.78, 5) is 4.55. The van der Waals surface area contributed by atoms with Gasteiger partial charge in [-0.2, -0.15) is 5.10 Å². The first kappa shape index (κ1) is 12.1. The number of H-pyrrole nitrogens is 1. The first-order valence-electron chi connectivity index (χ1n) is 5.98. The molecule has 0 amide bonds. The van der Waals surface area contributed by atoms with Gasteiger partial charge in [-0.05, 0) is 30.7 Å². The Morgan fingerprint density at radius 2 is 1.79 bits per heavy atom. The number of aryl methyl sites for hydroxylation is 1. The second-order valence-corrected chi connectivity index (χ2v) is 5.31. The van der Waals surface area contributed by atoms with Crippen molar-refractivity contribution < 1.29 is 0 Å². The first-order valence-corrected chi connectivity index (χ1v) is 6.77. The van der Waals surface area contributed by atoms with Crippen LogP contribution in [0.1, 0.15) is 5.56 Å². The van der Waals surface area contributed by atoms with Crippen molar-refractivity contribution >= 4 is 15.9 Å². The number of hydrogen-bond acceptors (Lipinski definition) is 2. The minimum absolute atomic E-state index is 0.711. The molecule has 19 heavy (non-hydrogen) atoms. The molecule has 2 aromatic carbocycles. The van der Waals surface area contributed by atoms with Crippen LogP contribution < -0.4 is 0 Å². The predicted octanol–water partition coefficient (Wildman–Crippen LogP) is 4.21. The molecule has 3 nitrogen and oxygen atoms in total. The summed E-state index contributed by atoms with van der Waals surface area (Å²) in [7, 11) is 0. The topological polar surface area (TPSA) is 41.6 Å². The number of nitrogens with one attached hydrogen (secondary N) is 1. The van der Waals surface area contributed by atoms with Crippen LogP contribution in [0.4, 0.5) is 0 Å². The summed E-state index contributed by atoms with van der Waals surface area (Å²) < 4.78 is 1.04. The molecule has 0 atom stereocenters. The van der Waals surface area contributed by atoms with Gasteiger partial charge in [-0.1, -0.05) is 46.3 Å². The molecule has 0 unspecified atom stereocenters. The molecule has 0 saturated heterocycles. The molecule has 1 aromatic heterocycles. The molecule has 3 aromatic rings. The summed E-state index contributed by atoms with van der Waals surface area (Å²) in [5.41, 5.74) is 3.22. The fraction of sp³-hybridized carbons (Fsp3) is 0.0667. The molecule has 0 aliphatic rings. The number of aromatic amines is 1. The monoisotopic (exact) mass is 313 g/mol. The van der Waals surface area contributed by atoms with Gasteiger partial charge in [0.2, 0.25) is 0 Å². The second-order valence-electron chi connectivity index (χ2n) is 4.39. The van der Waals surface area contributed by atoms with E-state index in [1.54, 1.807) is 0 Å². The molecular formula is C15H12BrN3. The lowest BCUT2D eigenvalue weighted by Crippen LogP contribution is -1.83. The number of nitrogens with zero attached hydrogens (tertiary/aromatic N) is 2.